The van der Waals surface area contributed by atoms with Crippen molar-refractivity contribution in [2.75, 3.05) is 13.1 Å². The summed E-state index contributed by atoms with van der Waals surface area (Å²) in [5.41, 5.74) is -0.964. The number of amides is 1. The molecule has 1 rings (SSSR count). The Morgan fingerprint density at radius 1 is 1.38 bits per heavy atom. The van der Waals surface area contributed by atoms with Gasteiger partial charge in [-0.15, -0.1) is 0 Å². The molecule has 1 amide bonds. The Labute approximate surface area is 96.6 Å². The highest BCUT2D eigenvalue weighted by Crippen LogP contribution is 2.30. The van der Waals surface area contributed by atoms with Crippen molar-refractivity contribution in [3.63, 3.8) is 0 Å². The van der Waals surface area contributed by atoms with Crippen LogP contribution in [0.1, 0.15) is 40.0 Å². The number of hydrogen-bond donors (Lipinski definition) is 1. The molecule has 0 bridgehead atoms. The quantitative estimate of drug-likeness (QED) is 0.752. The van der Waals surface area contributed by atoms with Crippen LogP contribution >= 0.6 is 0 Å². The minimum Gasteiger partial charge on any atom is -0.481 e. The summed E-state index contributed by atoms with van der Waals surface area (Å²) in [6.45, 7) is 6.60. The second-order valence-corrected chi connectivity index (χ2v) is 5.24. The molecule has 0 atom stereocenters. The fourth-order valence-corrected chi connectivity index (χ4v) is 1.58. The summed E-state index contributed by atoms with van der Waals surface area (Å²) in [6, 6.07) is 0. The topological polar surface area (TPSA) is 57.6 Å². The van der Waals surface area contributed by atoms with Crippen LogP contribution in [0, 0.1) is 11.3 Å². The summed E-state index contributed by atoms with van der Waals surface area (Å²) >= 11 is 0. The molecule has 0 aliphatic heterocycles. The highest BCUT2D eigenvalue weighted by Gasteiger charge is 2.33. The molecular weight excluding hydrogens is 206 g/mol. The van der Waals surface area contributed by atoms with Crippen LogP contribution in [0.4, 0.5) is 0 Å². The van der Waals surface area contributed by atoms with Gasteiger partial charge in [-0.2, -0.15) is 0 Å². The van der Waals surface area contributed by atoms with Crippen molar-refractivity contribution < 1.29 is 14.7 Å². The second-order valence-electron chi connectivity index (χ2n) is 5.24. The molecule has 1 aliphatic carbocycles. The number of aliphatic carboxylic acids is 1. The lowest BCUT2D eigenvalue weighted by Crippen LogP contribution is -2.37. The summed E-state index contributed by atoms with van der Waals surface area (Å²) in [4.78, 5) is 24.6. The van der Waals surface area contributed by atoms with Crippen LogP contribution in [-0.4, -0.2) is 35.0 Å². The molecule has 4 nitrogen and oxygen atoms in total. The van der Waals surface area contributed by atoms with E-state index in [4.69, 9.17) is 5.11 Å². The van der Waals surface area contributed by atoms with Crippen molar-refractivity contribution in [1.29, 1.82) is 0 Å². The van der Waals surface area contributed by atoms with Crippen LogP contribution in [0.3, 0.4) is 0 Å². The molecule has 1 N–H and O–H groups in total. The number of nitrogens with zero attached hydrogens (tertiary/aromatic N) is 1. The lowest BCUT2D eigenvalue weighted by atomic mass is 9.89. The van der Waals surface area contributed by atoms with Crippen molar-refractivity contribution >= 4 is 11.9 Å². The van der Waals surface area contributed by atoms with Crippen LogP contribution in [0.25, 0.3) is 0 Å². The zero-order valence-electron chi connectivity index (χ0n) is 10.3. The van der Waals surface area contributed by atoms with Gasteiger partial charge in [0.15, 0.2) is 0 Å². The van der Waals surface area contributed by atoms with E-state index in [1.54, 1.807) is 18.7 Å². The smallest absolute Gasteiger partial charge is 0.309 e. The van der Waals surface area contributed by atoms with Crippen LogP contribution in [0.5, 0.6) is 0 Å². The molecule has 0 unspecified atom stereocenters. The summed E-state index contributed by atoms with van der Waals surface area (Å²) in [7, 11) is 0. The predicted octanol–water partition coefficient (Wildman–Crippen LogP) is 1.75. The Balaban J connectivity index is 2.50. The summed E-state index contributed by atoms with van der Waals surface area (Å²) in [5.74, 6) is -0.304. The van der Waals surface area contributed by atoms with E-state index in [1.807, 2.05) is 6.92 Å². The average molecular weight is 227 g/mol. The molecule has 0 saturated heterocycles. The standard InChI is InChI=1S/C12H21NO3/c1-4-13(8-9-5-6-9)10(14)7-12(2,3)11(15)16/h9H,4-8H2,1-3H3,(H,15,16). The van der Waals surface area contributed by atoms with Gasteiger partial charge in [0.05, 0.1) is 5.41 Å². The van der Waals surface area contributed by atoms with Crippen LogP contribution in [0.2, 0.25) is 0 Å². The molecule has 0 radical (unpaired) electrons. The summed E-state index contributed by atoms with van der Waals surface area (Å²) in [5, 5.41) is 8.97. The molecular formula is C12H21NO3. The minimum absolute atomic E-state index is 0.0400. The van der Waals surface area contributed by atoms with Crippen LogP contribution < -0.4 is 0 Å². The van der Waals surface area contributed by atoms with Crippen molar-refractivity contribution in [3.05, 3.63) is 0 Å². The average Bonchev–Trinajstić information content (AvgIpc) is 2.96. The second kappa shape index (κ2) is 4.85. The van der Waals surface area contributed by atoms with E-state index in [9.17, 15) is 9.59 Å². The maximum Gasteiger partial charge on any atom is 0.309 e. The number of carbonyl (C=O) groups excluding carboxylic acids is 1. The zero-order valence-corrected chi connectivity index (χ0v) is 10.3. The van der Waals surface area contributed by atoms with E-state index in [1.165, 1.54) is 12.8 Å². The normalized spacial score (nSPS) is 15.9. The van der Waals surface area contributed by atoms with Crippen molar-refractivity contribution in [2.24, 2.45) is 11.3 Å². The van der Waals surface area contributed by atoms with Gasteiger partial charge < -0.3 is 10.0 Å². The maximum atomic E-state index is 11.9. The first-order chi connectivity index (χ1) is 7.36. The Morgan fingerprint density at radius 3 is 2.31 bits per heavy atom. The van der Waals surface area contributed by atoms with Crippen LogP contribution in [-0.2, 0) is 9.59 Å². The third-order valence-electron chi connectivity index (χ3n) is 3.08. The van der Waals surface area contributed by atoms with E-state index < -0.39 is 11.4 Å². The molecule has 4 heteroatoms. The van der Waals surface area contributed by atoms with Gasteiger partial charge in [-0.05, 0) is 39.5 Å². The highest BCUT2D eigenvalue weighted by molar-refractivity contribution is 5.84. The van der Waals surface area contributed by atoms with E-state index in [0.29, 0.717) is 12.5 Å². The third kappa shape index (κ3) is 3.51. The maximum absolute atomic E-state index is 11.9. The largest absolute Gasteiger partial charge is 0.481 e. The fraction of sp³-hybridized carbons (Fsp3) is 0.833. The van der Waals surface area contributed by atoms with E-state index in [0.717, 1.165) is 6.54 Å². The lowest BCUT2D eigenvalue weighted by Gasteiger charge is -2.25. The molecule has 0 spiro atoms. The number of carboxylic acid groups (broad SMARTS) is 1. The summed E-state index contributed by atoms with van der Waals surface area (Å²) < 4.78 is 0. The molecule has 92 valence electrons. The van der Waals surface area contributed by atoms with E-state index in [2.05, 4.69) is 0 Å². The molecule has 0 heterocycles. The zero-order chi connectivity index (χ0) is 12.3. The monoisotopic (exact) mass is 227 g/mol. The molecule has 1 fully saturated rings. The first-order valence-electron chi connectivity index (χ1n) is 5.88. The predicted molar refractivity (Wildman–Crippen MR) is 61.0 cm³/mol. The third-order valence-corrected chi connectivity index (χ3v) is 3.08. The number of hydrogen-bond acceptors (Lipinski definition) is 2. The van der Waals surface area contributed by atoms with Gasteiger partial charge in [-0.25, -0.2) is 0 Å². The number of rotatable bonds is 6. The van der Waals surface area contributed by atoms with Gasteiger partial charge in [-0.3, -0.25) is 9.59 Å². The minimum atomic E-state index is -0.964. The molecule has 1 aliphatic rings. The molecule has 16 heavy (non-hydrogen) atoms. The SMILES string of the molecule is CCN(CC1CC1)C(=O)CC(C)(C)C(=O)O. The van der Waals surface area contributed by atoms with E-state index >= 15 is 0 Å². The van der Waals surface area contributed by atoms with Crippen molar-refractivity contribution in [2.45, 2.75) is 40.0 Å². The summed E-state index contributed by atoms with van der Waals surface area (Å²) in [6.07, 6.45) is 2.49. The fourth-order valence-electron chi connectivity index (χ4n) is 1.58. The van der Waals surface area contributed by atoms with Gasteiger partial charge in [0.1, 0.15) is 0 Å². The lowest BCUT2D eigenvalue weighted by molar-refractivity contribution is -0.151. The molecule has 0 aromatic rings. The van der Waals surface area contributed by atoms with E-state index in [-0.39, 0.29) is 12.3 Å². The number of carboxylic acids is 1. The molecule has 0 aromatic heterocycles. The van der Waals surface area contributed by atoms with Gasteiger partial charge in [0, 0.05) is 19.5 Å². The van der Waals surface area contributed by atoms with Gasteiger partial charge in [-0.1, -0.05) is 0 Å². The Hall–Kier alpha value is -1.06. The number of carbonyl (C=O) groups is 2. The van der Waals surface area contributed by atoms with Gasteiger partial charge in [0.2, 0.25) is 5.91 Å². The van der Waals surface area contributed by atoms with Gasteiger partial charge in [0.25, 0.3) is 0 Å². The molecule has 0 aromatic carbocycles. The Bertz CT molecular complexity index is 282. The molecule has 1 saturated carbocycles. The first-order valence-corrected chi connectivity index (χ1v) is 5.88. The van der Waals surface area contributed by atoms with Crippen LogP contribution in [0.15, 0.2) is 0 Å². The Morgan fingerprint density at radius 2 is 1.94 bits per heavy atom. The van der Waals surface area contributed by atoms with Crippen molar-refractivity contribution in [1.82, 2.24) is 4.90 Å². The Kier molecular flexibility index (Phi) is 3.94. The highest BCUT2D eigenvalue weighted by atomic mass is 16.4. The van der Waals surface area contributed by atoms with Crippen molar-refractivity contribution in [3.8, 4) is 0 Å². The van der Waals surface area contributed by atoms with Gasteiger partial charge >= 0.3 is 5.97 Å². The first kappa shape index (κ1) is 13.0.